The smallest absolute Gasteiger partial charge is 0.354 e. The van der Waals surface area contributed by atoms with E-state index in [1.807, 2.05) is 6.92 Å². The third kappa shape index (κ3) is 5.80. The molecular formula is C21H23N5O7S. The molecule has 1 fully saturated rings. The molecule has 3 aromatic rings. The van der Waals surface area contributed by atoms with E-state index >= 15 is 0 Å². The van der Waals surface area contributed by atoms with Crippen LogP contribution in [0.2, 0.25) is 0 Å². The Hall–Kier alpha value is -3.26. The van der Waals surface area contributed by atoms with Gasteiger partial charge in [0.2, 0.25) is 0 Å². The standard InChI is InChI=1S/C21H23N5O7S/c1-13-3-5-17(6-4-13)34(29,30)33-12-16-11-31-15(10-32-16)8-26-9-20(24-25-26)18-7-19(21(27)28)23-14(2)22-18/h3-7,9,15-16H,8,10-12H2,1-2H3,(H,27,28). The summed E-state index contributed by atoms with van der Waals surface area (Å²) in [4.78, 5) is 19.4. The van der Waals surface area contributed by atoms with Crippen LogP contribution < -0.4 is 0 Å². The van der Waals surface area contributed by atoms with Crippen molar-refractivity contribution in [1.29, 1.82) is 0 Å². The molecule has 0 aliphatic carbocycles. The van der Waals surface area contributed by atoms with Crippen molar-refractivity contribution in [2.24, 2.45) is 0 Å². The fourth-order valence-electron chi connectivity index (χ4n) is 3.25. The van der Waals surface area contributed by atoms with Gasteiger partial charge in [-0.1, -0.05) is 22.9 Å². The fourth-order valence-corrected chi connectivity index (χ4v) is 4.18. The van der Waals surface area contributed by atoms with Crippen LogP contribution in [-0.2, 0) is 30.3 Å². The van der Waals surface area contributed by atoms with Crippen LogP contribution in [0.4, 0.5) is 0 Å². The van der Waals surface area contributed by atoms with Crippen molar-refractivity contribution >= 4 is 16.1 Å². The molecule has 4 rings (SSSR count). The Labute approximate surface area is 195 Å². The van der Waals surface area contributed by atoms with Gasteiger partial charge in [0.1, 0.15) is 23.7 Å². The summed E-state index contributed by atoms with van der Waals surface area (Å²) in [5, 5.41) is 17.3. The molecule has 34 heavy (non-hydrogen) atoms. The number of rotatable bonds is 8. The molecule has 0 saturated carbocycles. The van der Waals surface area contributed by atoms with Gasteiger partial charge in [0.15, 0.2) is 5.69 Å². The zero-order chi connectivity index (χ0) is 24.3. The van der Waals surface area contributed by atoms with Crippen LogP contribution in [0.3, 0.4) is 0 Å². The predicted molar refractivity (Wildman–Crippen MR) is 117 cm³/mol. The van der Waals surface area contributed by atoms with Gasteiger partial charge >= 0.3 is 5.97 Å². The maximum absolute atomic E-state index is 12.3. The number of aromatic carboxylic acids is 1. The van der Waals surface area contributed by atoms with Crippen molar-refractivity contribution in [3.63, 3.8) is 0 Å². The minimum absolute atomic E-state index is 0.0871. The minimum atomic E-state index is -3.88. The first-order chi connectivity index (χ1) is 16.2. The van der Waals surface area contributed by atoms with E-state index < -0.39 is 22.2 Å². The summed E-state index contributed by atoms with van der Waals surface area (Å²) in [5.41, 5.74) is 1.57. The maximum atomic E-state index is 12.3. The molecule has 12 nitrogen and oxygen atoms in total. The lowest BCUT2D eigenvalue weighted by Gasteiger charge is -2.29. The summed E-state index contributed by atoms with van der Waals surface area (Å²) in [6, 6.07) is 7.73. The van der Waals surface area contributed by atoms with Crippen molar-refractivity contribution in [2.45, 2.75) is 37.5 Å². The third-order valence-corrected chi connectivity index (χ3v) is 6.30. The summed E-state index contributed by atoms with van der Waals surface area (Å²) in [6.45, 7) is 4.01. The molecule has 2 atom stereocenters. The first-order valence-corrected chi connectivity index (χ1v) is 11.8. The van der Waals surface area contributed by atoms with Crippen LogP contribution in [-0.4, -0.2) is 76.5 Å². The number of carboxylic acid groups (broad SMARTS) is 1. The molecule has 0 bridgehead atoms. The number of nitrogens with zero attached hydrogens (tertiary/aromatic N) is 5. The van der Waals surface area contributed by atoms with Crippen LogP contribution in [0.25, 0.3) is 11.4 Å². The summed E-state index contributed by atoms with van der Waals surface area (Å²) in [7, 11) is -3.88. The number of aromatic nitrogens is 5. The van der Waals surface area contributed by atoms with Gasteiger partial charge in [0, 0.05) is 0 Å². The van der Waals surface area contributed by atoms with Crippen molar-refractivity contribution in [2.75, 3.05) is 19.8 Å². The van der Waals surface area contributed by atoms with Gasteiger partial charge < -0.3 is 14.6 Å². The lowest BCUT2D eigenvalue weighted by molar-refractivity contribution is -0.146. The SMILES string of the molecule is Cc1ccc(S(=O)(=O)OCC2COC(Cn3cc(-c4cc(C(=O)O)nc(C)n4)nn3)CO2)cc1. The molecule has 1 aliphatic rings. The van der Waals surface area contributed by atoms with Crippen LogP contribution in [0.1, 0.15) is 21.9 Å². The second-order valence-corrected chi connectivity index (χ2v) is 9.39. The zero-order valence-corrected chi connectivity index (χ0v) is 19.3. The van der Waals surface area contributed by atoms with Crippen LogP contribution in [0.5, 0.6) is 0 Å². The van der Waals surface area contributed by atoms with Gasteiger partial charge in [0.05, 0.1) is 43.2 Å². The molecule has 3 heterocycles. The van der Waals surface area contributed by atoms with E-state index in [4.69, 9.17) is 18.8 Å². The Morgan fingerprint density at radius 3 is 2.50 bits per heavy atom. The monoisotopic (exact) mass is 489 g/mol. The molecule has 0 spiro atoms. The van der Waals surface area contributed by atoms with Crippen molar-refractivity contribution in [3.05, 3.63) is 53.6 Å². The van der Waals surface area contributed by atoms with Crippen LogP contribution >= 0.6 is 0 Å². The molecule has 1 saturated heterocycles. The summed E-state index contributed by atoms with van der Waals surface area (Å²) in [5.74, 6) is -0.844. The van der Waals surface area contributed by atoms with Crippen LogP contribution in [0, 0.1) is 13.8 Å². The number of carbonyl (C=O) groups is 1. The number of ether oxygens (including phenoxy) is 2. The normalized spacial score (nSPS) is 18.6. The quantitative estimate of drug-likeness (QED) is 0.454. The number of benzene rings is 1. The molecule has 2 unspecified atom stereocenters. The summed E-state index contributed by atoms with van der Waals surface area (Å²) < 4.78 is 42.8. The van der Waals surface area contributed by atoms with E-state index in [0.717, 1.165) is 5.56 Å². The number of aryl methyl sites for hydroxylation is 2. The van der Waals surface area contributed by atoms with E-state index in [9.17, 15) is 13.2 Å². The maximum Gasteiger partial charge on any atom is 0.354 e. The predicted octanol–water partition coefficient (Wildman–Crippen LogP) is 1.24. The second-order valence-electron chi connectivity index (χ2n) is 7.78. The van der Waals surface area contributed by atoms with Crippen LogP contribution in [0.15, 0.2) is 41.4 Å². The first-order valence-electron chi connectivity index (χ1n) is 10.4. The highest BCUT2D eigenvalue weighted by Crippen LogP contribution is 2.18. The zero-order valence-electron chi connectivity index (χ0n) is 18.5. The average Bonchev–Trinajstić information content (AvgIpc) is 3.27. The van der Waals surface area contributed by atoms with E-state index in [-0.39, 0.29) is 36.5 Å². The minimum Gasteiger partial charge on any atom is -0.477 e. The highest BCUT2D eigenvalue weighted by atomic mass is 32.2. The lowest BCUT2D eigenvalue weighted by atomic mass is 10.2. The van der Waals surface area contributed by atoms with Crippen molar-refractivity contribution in [3.8, 4) is 11.4 Å². The van der Waals surface area contributed by atoms with Gasteiger partial charge in [-0.3, -0.25) is 4.18 Å². The Morgan fingerprint density at radius 1 is 1.12 bits per heavy atom. The molecule has 180 valence electrons. The highest BCUT2D eigenvalue weighted by molar-refractivity contribution is 7.86. The molecule has 2 aromatic heterocycles. The van der Waals surface area contributed by atoms with E-state index in [1.54, 1.807) is 29.9 Å². The fraction of sp³-hybridized carbons (Fsp3) is 0.381. The number of hydrogen-bond donors (Lipinski definition) is 1. The van der Waals surface area contributed by atoms with Gasteiger partial charge in [-0.2, -0.15) is 8.42 Å². The number of hydrogen-bond acceptors (Lipinski definition) is 10. The van der Waals surface area contributed by atoms with Crippen molar-refractivity contribution < 1.29 is 32.0 Å². The summed E-state index contributed by atoms with van der Waals surface area (Å²) in [6.07, 6.45) is 0.766. The third-order valence-electron chi connectivity index (χ3n) is 5.00. The molecule has 0 amide bonds. The van der Waals surface area contributed by atoms with Crippen molar-refractivity contribution in [1.82, 2.24) is 25.0 Å². The molecule has 1 N–H and O–H groups in total. The lowest BCUT2D eigenvalue weighted by Crippen LogP contribution is -2.40. The Kier molecular flexibility index (Phi) is 6.97. The Bertz CT molecular complexity index is 1270. The van der Waals surface area contributed by atoms with Gasteiger partial charge in [-0.15, -0.1) is 5.10 Å². The second kappa shape index (κ2) is 9.93. The first kappa shape index (κ1) is 23.9. The van der Waals surface area contributed by atoms with Gasteiger partial charge in [-0.25, -0.2) is 19.4 Å². The number of carboxylic acids is 1. The van der Waals surface area contributed by atoms with E-state index in [2.05, 4.69) is 20.3 Å². The summed E-state index contributed by atoms with van der Waals surface area (Å²) >= 11 is 0. The van der Waals surface area contributed by atoms with E-state index in [1.165, 1.54) is 18.2 Å². The Balaban J connectivity index is 1.29. The van der Waals surface area contributed by atoms with Gasteiger partial charge in [0.25, 0.3) is 10.1 Å². The molecule has 0 radical (unpaired) electrons. The highest BCUT2D eigenvalue weighted by Gasteiger charge is 2.26. The molecule has 1 aromatic carbocycles. The van der Waals surface area contributed by atoms with E-state index in [0.29, 0.717) is 23.8 Å². The Morgan fingerprint density at radius 2 is 1.82 bits per heavy atom. The average molecular weight is 490 g/mol. The largest absolute Gasteiger partial charge is 0.477 e. The van der Waals surface area contributed by atoms with Gasteiger partial charge in [-0.05, 0) is 32.0 Å². The molecule has 1 aliphatic heterocycles. The molecule has 13 heteroatoms. The topological polar surface area (TPSA) is 156 Å². The molecular weight excluding hydrogens is 466 g/mol.